The number of carbonyl (C=O) groups is 2. The Kier molecular flexibility index (Phi) is 7.88. The number of methoxy groups -OCH3 is 1. The van der Waals surface area contributed by atoms with E-state index in [0.717, 1.165) is 44.1 Å². The van der Waals surface area contributed by atoms with Crippen LogP contribution in [0.25, 0.3) is 6.08 Å². The van der Waals surface area contributed by atoms with Crippen LogP contribution < -0.4 is 10.1 Å². The second-order valence-electron chi connectivity index (χ2n) is 9.22. The number of nitrogens with zero attached hydrogens (tertiary/aromatic N) is 1. The van der Waals surface area contributed by atoms with Crippen LogP contribution >= 0.6 is 0 Å². The number of amides is 2. The molecule has 180 valence electrons. The molecule has 0 aromatic heterocycles. The Balaban J connectivity index is 1.43. The van der Waals surface area contributed by atoms with Crippen molar-refractivity contribution in [3.63, 3.8) is 0 Å². The maximum absolute atomic E-state index is 13.4. The van der Waals surface area contributed by atoms with Crippen LogP contribution in [0.2, 0.25) is 0 Å². The lowest BCUT2D eigenvalue weighted by Gasteiger charge is -2.44. The van der Waals surface area contributed by atoms with Crippen molar-refractivity contribution in [1.29, 1.82) is 0 Å². The van der Waals surface area contributed by atoms with E-state index >= 15 is 0 Å². The van der Waals surface area contributed by atoms with Crippen LogP contribution in [0.4, 0.5) is 0 Å². The molecule has 1 saturated heterocycles. The Morgan fingerprint density at radius 3 is 2.76 bits per heavy atom. The van der Waals surface area contributed by atoms with E-state index in [1.54, 1.807) is 18.1 Å². The molecular weight excluding hydrogens is 428 g/mol. The van der Waals surface area contributed by atoms with Crippen molar-refractivity contribution in [3.05, 3.63) is 71.5 Å². The summed E-state index contributed by atoms with van der Waals surface area (Å²) in [7, 11) is 1.61. The summed E-state index contributed by atoms with van der Waals surface area (Å²) in [6.45, 7) is 2.06. The molecule has 2 fully saturated rings. The third-order valence-electron chi connectivity index (χ3n) is 6.64. The van der Waals surface area contributed by atoms with Gasteiger partial charge in [-0.1, -0.05) is 48.9 Å². The first-order valence-electron chi connectivity index (χ1n) is 12.2. The fraction of sp³-hybridized carbons (Fsp3) is 0.429. The molecule has 0 bridgehead atoms. The molecule has 34 heavy (non-hydrogen) atoms. The molecule has 1 aliphatic heterocycles. The summed E-state index contributed by atoms with van der Waals surface area (Å²) >= 11 is 0. The number of nitrogens with one attached hydrogen (secondary N) is 1. The van der Waals surface area contributed by atoms with Crippen molar-refractivity contribution in [2.45, 2.75) is 63.6 Å². The quantitative estimate of drug-likeness (QED) is 0.593. The second-order valence-corrected chi connectivity index (χ2v) is 9.22. The Morgan fingerprint density at radius 2 is 1.97 bits per heavy atom. The highest BCUT2D eigenvalue weighted by Crippen LogP contribution is 2.33. The molecule has 1 saturated carbocycles. The van der Waals surface area contributed by atoms with E-state index in [-0.39, 0.29) is 36.5 Å². The van der Waals surface area contributed by atoms with Gasteiger partial charge in [0.25, 0.3) is 5.91 Å². The number of hydrogen-bond acceptors (Lipinski definition) is 4. The summed E-state index contributed by atoms with van der Waals surface area (Å²) in [4.78, 5) is 28.0. The molecule has 0 spiro atoms. The average Bonchev–Trinajstić information content (AvgIpc) is 2.86. The molecule has 2 amide bonds. The monoisotopic (exact) mass is 462 g/mol. The molecule has 4 rings (SSSR count). The summed E-state index contributed by atoms with van der Waals surface area (Å²) in [6.07, 6.45) is 7.28. The minimum Gasteiger partial charge on any atom is -0.497 e. The fourth-order valence-corrected chi connectivity index (χ4v) is 4.82. The van der Waals surface area contributed by atoms with Crippen molar-refractivity contribution in [2.75, 3.05) is 13.7 Å². The van der Waals surface area contributed by atoms with Crippen LogP contribution in [-0.4, -0.2) is 48.6 Å². The van der Waals surface area contributed by atoms with E-state index in [1.807, 2.05) is 49.4 Å². The highest BCUT2D eigenvalue weighted by Gasteiger charge is 2.42. The largest absolute Gasteiger partial charge is 0.497 e. The van der Waals surface area contributed by atoms with Gasteiger partial charge in [0.2, 0.25) is 5.91 Å². The summed E-state index contributed by atoms with van der Waals surface area (Å²) < 4.78 is 11.5. The molecule has 3 atom stereocenters. The number of morpholine rings is 1. The number of carbonyl (C=O) groups excluding carboxylic acids is 2. The van der Waals surface area contributed by atoms with Crippen molar-refractivity contribution in [2.24, 2.45) is 0 Å². The van der Waals surface area contributed by atoms with E-state index in [2.05, 4.69) is 17.4 Å². The molecule has 6 nitrogen and oxygen atoms in total. The lowest BCUT2D eigenvalue weighted by Crippen LogP contribution is -2.57. The van der Waals surface area contributed by atoms with E-state index < -0.39 is 0 Å². The highest BCUT2D eigenvalue weighted by molar-refractivity contribution is 5.98. The summed E-state index contributed by atoms with van der Waals surface area (Å²) in [6, 6.07) is 17.7. The maximum Gasteiger partial charge on any atom is 0.289 e. The van der Waals surface area contributed by atoms with Gasteiger partial charge < -0.3 is 19.7 Å². The second kappa shape index (κ2) is 11.2. The summed E-state index contributed by atoms with van der Waals surface area (Å²) in [5, 5.41) is 3.08. The molecule has 2 aliphatic rings. The minimum atomic E-state index is -0.224. The standard InChI is InChI=1S/C28H34N2O4/c1-20(15-16-21-9-4-3-5-10-21)29-27(31)19-30-24-13-6-7-14-25(24)34-26(28(30)32)18-22-11-8-12-23(17-22)33-2/h3-5,8-12,17-18,20,24-25H,6-7,13-16,19H2,1-2H3,(H,29,31)/b26-18-. The number of hydrogen-bond donors (Lipinski definition) is 1. The molecule has 1 aliphatic carbocycles. The van der Waals surface area contributed by atoms with Gasteiger partial charge in [-0.3, -0.25) is 9.59 Å². The van der Waals surface area contributed by atoms with Crippen molar-refractivity contribution >= 4 is 17.9 Å². The first kappa shape index (κ1) is 23.9. The predicted octanol–water partition coefficient (Wildman–Crippen LogP) is 4.34. The molecule has 2 aromatic rings. The van der Waals surface area contributed by atoms with Crippen molar-refractivity contribution in [3.8, 4) is 5.75 Å². The zero-order chi connectivity index (χ0) is 23.9. The Labute approximate surface area is 201 Å². The van der Waals surface area contributed by atoms with Crippen molar-refractivity contribution < 1.29 is 19.1 Å². The highest BCUT2D eigenvalue weighted by atomic mass is 16.5. The Bertz CT molecular complexity index is 1020. The SMILES string of the molecule is COc1cccc(/C=C2\OC3CCCCC3N(CC(=O)NC(C)CCc3ccccc3)C2=O)c1. The zero-order valence-corrected chi connectivity index (χ0v) is 20.0. The van der Waals surface area contributed by atoms with Crippen LogP contribution in [0.3, 0.4) is 0 Å². The van der Waals surface area contributed by atoms with E-state index in [0.29, 0.717) is 11.5 Å². The lowest BCUT2D eigenvalue weighted by molar-refractivity contribution is -0.152. The normalized spacial score (nSPS) is 22.0. The smallest absolute Gasteiger partial charge is 0.289 e. The molecular formula is C28H34N2O4. The number of rotatable bonds is 8. The van der Waals surface area contributed by atoms with Gasteiger partial charge >= 0.3 is 0 Å². The predicted molar refractivity (Wildman–Crippen MR) is 132 cm³/mol. The van der Waals surface area contributed by atoms with Gasteiger partial charge in [-0.25, -0.2) is 0 Å². The van der Waals surface area contributed by atoms with Crippen LogP contribution in [0, 0.1) is 0 Å². The number of benzene rings is 2. The van der Waals surface area contributed by atoms with Crippen LogP contribution in [0.5, 0.6) is 5.75 Å². The van der Waals surface area contributed by atoms with Gasteiger partial charge in [-0.2, -0.15) is 0 Å². The van der Waals surface area contributed by atoms with Gasteiger partial charge in [0.1, 0.15) is 18.4 Å². The summed E-state index contributed by atoms with van der Waals surface area (Å²) in [5.41, 5.74) is 2.08. The number of ether oxygens (including phenoxy) is 2. The molecule has 3 unspecified atom stereocenters. The first-order chi connectivity index (χ1) is 16.5. The van der Waals surface area contributed by atoms with E-state index in [1.165, 1.54) is 5.56 Å². The van der Waals surface area contributed by atoms with Gasteiger partial charge in [-0.05, 0) is 68.4 Å². The maximum atomic E-state index is 13.4. The molecule has 2 aromatic carbocycles. The molecule has 1 heterocycles. The Morgan fingerprint density at radius 1 is 1.18 bits per heavy atom. The van der Waals surface area contributed by atoms with E-state index in [9.17, 15) is 9.59 Å². The molecule has 1 N–H and O–H groups in total. The zero-order valence-electron chi connectivity index (χ0n) is 20.0. The van der Waals surface area contributed by atoms with Gasteiger partial charge in [0.15, 0.2) is 5.76 Å². The van der Waals surface area contributed by atoms with Gasteiger partial charge in [0, 0.05) is 6.04 Å². The Hall–Kier alpha value is -3.28. The topological polar surface area (TPSA) is 67.9 Å². The number of fused-ring (bicyclic) bond motifs is 1. The van der Waals surface area contributed by atoms with Crippen LogP contribution in [-0.2, 0) is 20.7 Å². The number of aryl methyl sites for hydroxylation is 1. The molecule has 0 radical (unpaired) electrons. The van der Waals surface area contributed by atoms with E-state index in [4.69, 9.17) is 9.47 Å². The lowest BCUT2D eigenvalue weighted by atomic mass is 9.89. The minimum absolute atomic E-state index is 0.0257. The third kappa shape index (κ3) is 5.99. The van der Waals surface area contributed by atoms with Gasteiger partial charge in [-0.15, -0.1) is 0 Å². The summed E-state index contributed by atoms with van der Waals surface area (Å²) in [5.74, 6) is 0.661. The first-order valence-corrected chi connectivity index (χ1v) is 12.2. The van der Waals surface area contributed by atoms with Gasteiger partial charge in [0.05, 0.1) is 13.2 Å². The average molecular weight is 463 g/mol. The molecule has 6 heteroatoms. The van der Waals surface area contributed by atoms with Crippen molar-refractivity contribution in [1.82, 2.24) is 10.2 Å². The third-order valence-corrected chi connectivity index (χ3v) is 6.64. The van der Waals surface area contributed by atoms with Crippen LogP contribution in [0.15, 0.2) is 60.4 Å². The fourth-order valence-electron chi connectivity index (χ4n) is 4.82. The van der Waals surface area contributed by atoms with Crippen LogP contribution in [0.1, 0.15) is 50.2 Å².